The second kappa shape index (κ2) is 7.62. The Hall–Kier alpha value is -3.33. The summed E-state index contributed by atoms with van der Waals surface area (Å²) in [5.41, 5.74) is 3.07. The number of aromatic nitrogens is 4. The predicted molar refractivity (Wildman–Crippen MR) is 119 cm³/mol. The number of aliphatic carboxylic acids is 1. The highest BCUT2D eigenvalue weighted by atomic mass is 19.2. The Bertz CT molecular complexity index is 1390. The van der Waals surface area contributed by atoms with Gasteiger partial charge in [0.1, 0.15) is 0 Å². The highest BCUT2D eigenvalue weighted by molar-refractivity contribution is 5.94. The van der Waals surface area contributed by atoms with Crippen LogP contribution in [-0.2, 0) is 9.53 Å². The Labute approximate surface area is 188 Å². The molecule has 5 rings (SSSR count). The van der Waals surface area contributed by atoms with E-state index in [1.807, 2.05) is 24.5 Å². The molecular formula is C24H24F2N4O3. The van der Waals surface area contributed by atoms with Gasteiger partial charge in [-0.25, -0.2) is 18.6 Å². The fourth-order valence-corrected chi connectivity index (χ4v) is 5.21. The number of benzene rings is 1. The number of aromatic amines is 1. The second-order valence-corrected chi connectivity index (χ2v) is 8.99. The molecule has 3 aromatic heterocycles. The molecule has 2 atom stereocenters. The summed E-state index contributed by atoms with van der Waals surface area (Å²) in [6.45, 7) is 4.05. The van der Waals surface area contributed by atoms with Crippen LogP contribution in [0.25, 0.3) is 27.8 Å². The second-order valence-electron chi connectivity index (χ2n) is 8.99. The van der Waals surface area contributed by atoms with Crippen LogP contribution in [0.3, 0.4) is 0 Å². The van der Waals surface area contributed by atoms with Crippen molar-refractivity contribution in [2.24, 2.45) is 0 Å². The first-order chi connectivity index (χ1) is 15.8. The Morgan fingerprint density at radius 3 is 2.73 bits per heavy atom. The Morgan fingerprint density at radius 2 is 2.09 bits per heavy atom. The average molecular weight is 454 g/mol. The summed E-state index contributed by atoms with van der Waals surface area (Å²) in [7, 11) is 1.43. The van der Waals surface area contributed by atoms with Gasteiger partial charge in [-0.1, -0.05) is 13.8 Å². The number of rotatable bonds is 5. The number of hydrogen-bond acceptors (Lipinski definition) is 4. The molecule has 2 N–H and O–H groups in total. The summed E-state index contributed by atoms with van der Waals surface area (Å²) >= 11 is 0. The predicted octanol–water partition coefficient (Wildman–Crippen LogP) is 5.04. The maximum atomic E-state index is 14.2. The van der Waals surface area contributed by atoms with Crippen LogP contribution in [-0.4, -0.2) is 43.5 Å². The van der Waals surface area contributed by atoms with Crippen molar-refractivity contribution in [3.63, 3.8) is 0 Å². The Morgan fingerprint density at radius 1 is 1.30 bits per heavy atom. The molecule has 1 fully saturated rings. The smallest absolute Gasteiger partial charge is 0.335 e. The van der Waals surface area contributed by atoms with Crippen molar-refractivity contribution in [2.75, 3.05) is 7.11 Å². The maximum absolute atomic E-state index is 14.2. The molecule has 9 heteroatoms. The molecule has 0 amide bonds. The molecule has 0 radical (unpaired) electrons. The maximum Gasteiger partial charge on any atom is 0.335 e. The van der Waals surface area contributed by atoms with Crippen molar-refractivity contribution in [1.82, 2.24) is 19.7 Å². The van der Waals surface area contributed by atoms with Crippen molar-refractivity contribution in [3.8, 4) is 5.69 Å². The zero-order valence-corrected chi connectivity index (χ0v) is 18.5. The van der Waals surface area contributed by atoms with Crippen LogP contribution >= 0.6 is 0 Å². The van der Waals surface area contributed by atoms with Gasteiger partial charge in [-0.3, -0.25) is 5.10 Å². The number of halogens is 2. The Balaban J connectivity index is 1.82. The fraction of sp³-hybridized carbons (Fsp3) is 0.375. The summed E-state index contributed by atoms with van der Waals surface area (Å²) in [6.07, 6.45) is 2.96. The third-order valence-corrected chi connectivity index (χ3v) is 6.79. The molecule has 1 aromatic carbocycles. The summed E-state index contributed by atoms with van der Waals surface area (Å²) in [6, 6.07) is 5.75. The number of fused-ring (bicyclic) bond motifs is 2. The molecule has 33 heavy (non-hydrogen) atoms. The number of H-pyrrole nitrogens is 1. The van der Waals surface area contributed by atoms with E-state index in [1.165, 1.54) is 13.2 Å². The molecular weight excluding hydrogens is 430 g/mol. The van der Waals surface area contributed by atoms with Gasteiger partial charge in [0, 0.05) is 35.5 Å². The summed E-state index contributed by atoms with van der Waals surface area (Å²) in [4.78, 5) is 16.8. The molecule has 0 aliphatic heterocycles. The lowest BCUT2D eigenvalue weighted by molar-refractivity contribution is -0.161. The van der Waals surface area contributed by atoms with Crippen LogP contribution in [0.5, 0.6) is 0 Å². The van der Waals surface area contributed by atoms with E-state index >= 15 is 0 Å². The van der Waals surface area contributed by atoms with E-state index in [9.17, 15) is 18.7 Å². The van der Waals surface area contributed by atoms with Crippen molar-refractivity contribution in [1.29, 1.82) is 0 Å². The molecule has 1 aliphatic rings. The molecule has 0 bridgehead atoms. The van der Waals surface area contributed by atoms with Crippen LogP contribution in [0.2, 0.25) is 0 Å². The van der Waals surface area contributed by atoms with Crippen LogP contribution in [0.4, 0.5) is 8.78 Å². The van der Waals surface area contributed by atoms with E-state index in [2.05, 4.69) is 10.2 Å². The van der Waals surface area contributed by atoms with E-state index in [-0.39, 0.29) is 11.8 Å². The number of hydrogen-bond donors (Lipinski definition) is 2. The monoisotopic (exact) mass is 454 g/mol. The number of methoxy groups -OCH3 is 1. The number of carboxylic acids is 1. The van der Waals surface area contributed by atoms with Gasteiger partial charge in [0.2, 0.25) is 0 Å². The highest BCUT2D eigenvalue weighted by Gasteiger charge is 2.48. The van der Waals surface area contributed by atoms with Crippen LogP contribution in [0.1, 0.15) is 56.2 Å². The van der Waals surface area contributed by atoms with E-state index in [0.717, 1.165) is 28.2 Å². The average Bonchev–Trinajstić information content (AvgIpc) is 3.49. The summed E-state index contributed by atoms with van der Waals surface area (Å²) < 4.78 is 35.3. The zero-order valence-electron chi connectivity index (χ0n) is 18.5. The first-order valence-corrected chi connectivity index (χ1v) is 10.9. The van der Waals surface area contributed by atoms with Crippen molar-refractivity contribution in [3.05, 3.63) is 53.4 Å². The number of carbonyl (C=O) groups is 1. The molecule has 0 unspecified atom stereocenters. The highest BCUT2D eigenvalue weighted by Crippen LogP contribution is 2.48. The minimum Gasteiger partial charge on any atom is -0.479 e. The quantitative estimate of drug-likeness (QED) is 0.441. The number of ether oxygens (including phenoxy) is 1. The summed E-state index contributed by atoms with van der Waals surface area (Å²) in [5, 5.41) is 17.6. The number of nitrogens with zero attached hydrogens (tertiary/aromatic N) is 3. The van der Waals surface area contributed by atoms with Crippen LogP contribution < -0.4 is 0 Å². The zero-order chi connectivity index (χ0) is 23.5. The van der Waals surface area contributed by atoms with Crippen molar-refractivity contribution < 1.29 is 23.4 Å². The van der Waals surface area contributed by atoms with Gasteiger partial charge in [0.05, 0.1) is 17.2 Å². The number of nitrogens with one attached hydrogen (secondary N) is 1. The molecule has 1 saturated carbocycles. The van der Waals surface area contributed by atoms with Gasteiger partial charge in [-0.15, -0.1) is 0 Å². The Kier molecular flexibility index (Phi) is 4.97. The molecule has 4 aromatic rings. The van der Waals surface area contributed by atoms with Gasteiger partial charge in [0.25, 0.3) is 0 Å². The van der Waals surface area contributed by atoms with Gasteiger partial charge in [-0.05, 0) is 49.3 Å². The van der Waals surface area contributed by atoms with Crippen molar-refractivity contribution >= 4 is 28.0 Å². The molecule has 172 valence electrons. The molecule has 3 heterocycles. The van der Waals surface area contributed by atoms with Gasteiger partial charge < -0.3 is 14.4 Å². The van der Waals surface area contributed by atoms with Crippen LogP contribution in [0, 0.1) is 11.6 Å². The van der Waals surface area contributed by atoms with Crippen LogP contribution in [0.15, 0.2) is 30.5 Å². The van der Waals surface area contributed by atoms with Gasteiger partial charge in [-0.2, -0.15) is 5.10 Å². The van der Waals surface area contributed by atoms with Gasteiger partial charge in [0.15, 0.2) is 22.9 Å². The van der Waals surface area contributed by atoms with Gasteiger partial charge >= 0.3 is 5.97 Å². The van der Waals surface area contributed by atoms with E-state index < -0.39 is 23.2 Å². The van der Waals surface area contributed by atoms with E-state index in [1.54, 1.807) is 12.3 Å². The third-order valence-electron chi connectivity index (χ3n) is 6.79. The standard InChI is InChI=1S/C24H24F2N4O3/c1-12(2)21-19(13-6-7-24(10-13,33-3)23(31)32)20-18(8-14-11-27-29-22(14)28-20)30(21)15-4-5-16(25)17(26)9-15/h4-5,8-9,11-13H,6-7,10H2,1-3H3,(H,31,32)(H,27,28,29)/t13-,24+/m1/s1. The lowest BCUT2D eigenvalue weighted by Gasteiger charge is -2.23. The normalized spacial score (nSPS) is 21.0. The van der Waals surface area contributed by atoms with E-state index in [4.69, 9.17) is 9.72 Å². The summed E-state index contributed by atoms with van der Waals surface area (Å²) in [5.74, 6) is -2.96. The third kappa shape index (κ3) is 3.21. The minimum absolute atomic E-state index is 0.00107. The molecule has 0 saturated heterocycles. The fourth-order valence-electron chi connectivity index (χ4n) is 5.21. The van der Waals surface area contributed by atoms with Crippen molar-refractivity contribution in [2.45, 2.75) is 50.5 Å². The largest absolute Gasteiger partial charge is 0.479 e. The number of carboxylic acid groups (broad SMARTS) is 1. The number of pyridine rings is 1. The SMILES string of the molecule is CO[C@@]1(C(=O)O)CC[C@@H](c2c(C(C)C)n(-c3ccc(F)c(F)c3)c3cc4cn[nH]c4nc23)C1. The first kappa shape index (κ1) is 21.5. The minimum atomic E-state index is -1.26. The topological polar surface area (TPSA) is 93.0 Å². The molecule has 7 nitrogen and oxygen atoms in total. The van der Waals surface area contributed by atoms with E-state index in [0.29, 0.717) is 36.1 Å². The molecule has 0 spiro atoms. The first-order valence-electron chi connectivity index (χ1n) is 10.9. The lowest BCUT2D eigenvalue weighted by Crippen LogP contribution is -2.37. The lowest BCUT2D eigenvalue weighted by atomic mass is 9.90. The molecule has 1 aliphatic carbocycles.